The van der Waals surface area contributed by atoms with Gasteiger partial charge in [0, 0.05) is 37.8 Å². The van der Waals surface area contributed by atoms with Crippen molar-refractivity contribution < 1.29 is 9.47 Å². The summed E-state index contributed by atoms with van der Waals surface area (Å²) in [5, 5.41) is 0. The number of fused-ring (bicyclic) bond motifs is 1. The van der Waals surface area contributed by atoms with Crippen LogP contribution in [0.1, 0.15) is 37.5 Å². The van der Waals surface area contributed by atoms with Gasteiger partial charge in [0.25, 0.3) is 0 Å². The number of hydrogen-bond donors (Lipinski definition) is 0. The molecule has 1 atom stereocenters. The van der Waals surface area contributed by atoms with E-state index in [2.05, 4.69) is 42.7 Å². The Hall–Kier alpha value is -1.10. The number of likely N-dealkylation sites (N-methyl/N-ethyl adjacent to an activating group) is 1. The van der Waals surface area contributed by atoms with Crippen LogP contribution in [0.25, 0.3) is 0 Å². The Morgan fingerprint density at radius 1 is 1.17 bits per heavy atom. The molecular weight excluding hydrogens is 288 g/mol. The summed E-state index contributed by atoms with van der Waals surface area (Å²) in [6.45, 7) is 14.2. The van der Waals surface area contributed by atoms with Gasteiger partial charge in [-0.1, -0.05) is 13.0 Å². The van der Waals surface area contributed by atoms with Gasteiger partial charge in [0.2, 0.25) is 0 Å². The fraction of sp³-hybridized carbons (Fsp3) is 0.684. The van der Waals surface area contributed by atoms with Gasteiger partial charge in [-0.05, 0) is 44.0 Å². The summed E-state index contributed by atoms with van der Waals surface area (Å²) in [5.74, 6) is 1.07. The summed E-state index contributed by atoms with van der Waals surface area (Å²) in [5.41, 5.74) is 4.29. The monoisotopic (exact) mass is 318 g/mol. The molecule has 0 aromatic heterocycles. The molecule has 4 nitrogen and oxygen atoms in total. The lowest BCUT2D eigenvalue weighted by Crippen LogP contribution is -2.38. The zero-order valence-electron chi connectivity index (χ0n) is 14.8. The van der Waals surface area contributed by atoms with Crippen LogP contribution in [0.4, 0.5) is 0 Å². The second kappa shape index (κ2) is 7.65. The maximum atomic E-state index is 5.96. The second-order valence-corrected chi connectivity index (χ2v) is 6.67. The molecule has 1 aromatic rings. The minimum Gasteiger partial charge on any atom is -0.494 e. The fourth-order valence-electron chi connectivity index (χ4n) is 3.71. The quantitative estimate of drug-likeness (QED) is 0.833. The smallest absolute Gasteiger partial charge is 0.124 e. The second-order valence-electron chi connectivity index (χ2n) is 6.67. The van der Waals surface area contributed by atoms with E-state index in [1.807, 2.05) is 0 Å². The molecule has 0 spiro atoms. The lowest BCUT2D eigenvalue weighted by Gasteiger charge is -2.35. The van der Waals surface area contributed by atoms with Crippen molar-refractivity contribution >= 4 is 0 Å². The third-order valence-corrected chi connectivity index (χ3v) is 5.10. The number of morpholine rings is 1. The Bertz CT molecular complexity index is 526. The highest BCUT2D eigenvalue weighted by Gasteiger charge is 2.24. The molecule has 0 radical (unpaired) electrons. The van der Waals surface area contributed by atoms with Crippen molar-refractivity contribution in [1.29, 1.82) is 0 Å². The van der Waals surface area contributed by atoms with E-state index in [1.165, 1.54) is 16.7 Å². The zero-order chi connectivity index (χ0) is 16.2. The first-order valence-corrected chi connectivity index (χ1v) is 9.02. The van der Waals surface area contributed by atoms with Crippen LogP contribution in [0.3, 0.4) is 0 Å². The van der Waals surface area contributed by atoms with Gasteiger partial charge in [0.05, 0.1) is 19.8 Å². The first-order valence-electron chi connectivity index (χ1n) is 9.02. The van der Waals surface area contributed by atoms with Gasteiger partial charge in [-0.15, -0.1) is 0 Å². The predicted octanol–water partition coefficient (Wildman–Crippen LogP) is 2.68. The molecule has 0 aliphatic carbocycles. The first kappa shape index (κ1) is 16.7. The summed E-state index contributed by atoms with van der Waals surface area (Å²) in [7, 11) is 0. The number of nitrogens with zero attached hydrogens (tertiary/aromatic N) is 2. The predicted molar refractivity (Wildman–Crippen MR) is 93.0 cm³/mol. The third kappa shape index (κ3) is 3.87. The van der Waals surface area contributed by atoms with Gasteiger partial charge >= 0.3 is 0 Å². The van der Waals surface area contributed by atoms with Crippen molar-refractivity contribution in [2.45, 2.75) is 46.3 Å². The molecule has 1 unspecified atom stereocenters. The van der Waals surface area contributed by atoms with Crippen LogP contribution in [-0.4, -0.2) is 55.3 Å². The Kier molecular flexibility index (Phi) is 5.57. The van der Waals surface area contributed by atoms with E-state index in [-0.39, 0.29) is 0 Å². The van der Waals surface area contributed by atoms with E-state index in [0.717, 1.165) is 64.7 Å². The van der Waals surface area contributed by atoms with Gasteiger partial charge in [0.15, 0.2) is 0 Å². The van der Waals surface area contributed by atoms with E-state index >= 15 is 0 Å². The Morgan fingerprint density at radius 2 is 1.96 bits per heavy atom. The minimum absolute atomic E-state index is 0.627. The van der Waals surface area contributed by atoms with E-state index in [0.29, 0.717) is 6.04 Å². The summed E-state index contributed by atoms with van der Waals surface area (Å²) in [6, 6.07) is 5.32. The van der Waals surface area contributed by atoms with Crippen molar-refractivity contribution in [3.8, 4) is 5.75 Å². The Balaban J connectivity index is 1.84. The highest BCUT2D eigenvalue weighted by Crippen LogP contribution is 2.31. The van der Waals surface area contributed by atoms with Crippen LogP contribution < -0.4 is 4.74 Å². The highest BCUT2D eigenvalue weighted by atomic mass is 16.5. The van der Waals surface area contributed by atoms with Gasteiger partial charge in [-0.2, -0.15) is 0 Å². The van der Waals surface area contributed by atoms with Crippen LogP contribution in [0.2, 0.25) is 0 Å². The van der Waals surface area contributed by atoms with Crippen molar-refractivity contribution in [3.05, 3.63) is 28.8 Å². The third-order valence-electron chi connectivity index (χ3n) is 5.10. The van der Waals surface area contributed by atoms with E-state index in [9.17, 15) is 0 Å². The molecule has 2 heterocycles. The van der Waals surface area contributed by atoms with Gasteiger partial charge in [0.1, 0.15) is 5.75 Å². The fourth-order valence-corrected chi connectivity index (χ4v) is 3.71. The number of benzene rings is 1. The van der Waals surface area contributed by atoms with Crippen LogP contribution in [-0.2, 0) is 24.2 Å². The maximum Gasteiger partial charge on any atom is 0.124 e. The molecule has 0 bridgehead atoms. The van der Waals surface area contributed by atoms with Gasteiger partial charge in [-0.3, -0.25) is 9.80 Å². The molecule has 0 N–H and O–H groups in total. The first-order chi connectivity index (χ1) is 11.2. The molecule has 0 amide bonds. The Morgan fingerprint density at radius 3 is 2.65 bits per heavy atom. The van der Waals surface area contributed by atoms with Crippen molar-refractivity contribution in [2.24, 2.45) is 0 Å². The molecule has 128 valence electrons. The normalized spacial score (nSPS) is 22.8. The SMILES string of the molecule is CCOc1cc2c(cc1CN1CCOCC1)CC(C)N(CC)C2. The molecule has 1 fully saturated rings. The lowest BCUT2D eigenvalue weighted by atomic mass is 9.92. The summed E-state index contributed by atoms with van der Waals surface area (Å²) in [6.07, 6.45) is 1.14. The van der Waals surface area contributed by atoms with Crippen LogP contribution >= 0.6 is 0 Å². The maximum absolute atomic E-state index is 5.96. The van der Waals surface area contributed by atoms with Crippen molar-refractivity contribution in [3.63, 3.8) is 0 Å². The van der Waals surface area contributed by atoms with Gasteiger partial charge < -0.3 is 9.47 Å². The van der Waals surface area contributed by atoms with Crippen LogP contribution in [0.5, 0.6) is 5.75 Å². The van der Waals surface area contributed by atoms with E-state index < -0.39 is 0 Å². The Labute approximate surface area is 140 Å². The minimum atomic E-state index is 0.627. The molecule has 23 heavy (non-hydrogen) atoms. The zero-order valence-corrected chi connectivity index (χ0v) is 14.8. The average molecular weight is 318 g/mol. The number of hydrogen-bond acceptors (Lipinski definition) is 4. The van der Waals surface area contributed by atoms with Crippen LogP contribution in [0, 0.1) is 0 Å². The molecule has 2 aliphatic heterocycles. The highest BCUT2D eigenvalue weighted by molar-refractivity contribution is 5.44. The number of ether oxygens (including phenoxy) is 2. The number of rotatable bonds is 5. The molecule has 1 aromatic carbocycles. The van der Waals surface area contributed by atoms with Crippen molar-refractivity contribution in [2.75, 3.05) is 39.5 Å². The summed E-state index contributed by atoms with van der Waals surface area (Å²) in [4.78, 5) is 5.01. The average Bonchev–Trinajstić information content (AvgIpc) is 2.56. The van der Waals surface area contributed by atoms with Crippen molar-refractivity contribution in [1.82, 2.24) is 9.80 Å². The molecule has 2 aliphatic rings. The standard InChI is InChI=1S/C19H30N2O2/c1-4-21-14-17-12-19(23-5-2)18(11-16(17)10-15(21)3)13-20-6-8-22-9-7-20/h11-12,15H,4-10,13-14H2,1-3H3. The molecule has 1 saturated heterocycles. The molecule has 0 saturated carbocycles. The topological polar surface area (TPSA) is 24.9 Å². The molecular formula is C19H30N2O2. The molecule has 4 heteroatoms. The van der Waals surface area contributed by atoms with Crippen LogP contribution in [0.15, 0.2) is 12.1 Å². The molecule has 3 rings (SSSR count). The largest absolute Gasteiger partial charge is 0.494 e. The lowest BCUT2D eigenvalue weighted by molar-refractivity contribution is 0.0338. The van der Waals surface area contributed by atoms with E-state index in [4.69, 9.17) is 9.47 Å². The van der Waals surface area contributed by atoms with E-state index in [1.54, 1.807) is 0 Å². The summed E-state index contributed by atoms with van der Waals surface area (Å²) < 4.78 is 11.4. The summed E-state index contributed by atoms with van der Waals surface area (Å²) >= 11 is 0. The van der Waals surface area contributed by atoms with Gasteiger partial charge in [-0.25, -0.2) is 0 Å².